The molecule has 1 N–H and O–H groups in total. The molecule has 0 amide bonds. The molecule has 0 saturated carbocycles. The highest BCUT2D eigenvalue weighted by atomic mass is 16.3. The van der Waals surface area contributed by atoms with Crippen molar-refractivity contribution in [3.8, 4) is 0 Å². The predicted molar refractivity (Wildman–Crippen MR) is 67.5 cm³/mol. The molecule has 3 nitrogen and oxygen atoms in total. The number of nitrogens with one attached hydrogen (secondary N) is 1. The van der Waals surface area contributed by atoms with Crippen LogP contribution in [0.25, 0.3) is 0 Å². The lowest BCUT2D eigenvalue weighted by atomic mass is 9.93. The van der Waals surface area contributed by atoms with Gasteiger partial charge in [0, 0.05) is 25.2 Å². The standard InChI is InChI=1S/C13H24N2O/c1-11-12(6-7-16-11)8-15(5)10-13(2,3)9-14-4/h6-7,14H,8-10H2,1-5H3. The van der Waals surface area contributed by atoms with Crippen molar-refractivity contribution in [2.24, 2.45) is 5.41 Å². The lowest BCUT2D eigenvalue weighted by Gasteiger charge is -2.30. The highest BCUT2D eigenvalue weighted by Gasteiger charge is 2.19. The second-order valence-electron chi connectivity index (χ2n) is 5.37. The summed E-state index contributed by atoms with van der Waals surface area (Å²) in [6, 6.07) is 2.05. The minimum absolute atomic E-state index is 0.293. The van der Waals surface area contributed by atoms with Gasteiger partial charge in [-0.3, -0.25) is 0 Å². The molecule has 0 atom stereocenters. The summed E-state index contributed by atoms with van der Waals surface area (Å²) in [5.74, 6) is 1.03. The van der Waals surface area contributed by atoms with E-state index in [0.717, 1.165) is 25.4 Å². The van der Waals surface area contributed by atoms with E-state index in [4.69, 9.17) is 4.42 Å². The molecule has 1 heterocycles. The van der Waals surface area contributed by atoms with Crippen molar-refractivity contribution in [2.75, 3.05) is 27.2 Å². The largest absolute Gasteiger partial charge is 0.469 e. The van der Waals surface area contributed by atoms with Gasteiger partial charge in [0.15, 0.2) is 0 Å². The second kappa shape index (κ2) is 5.51. The minimum atomic E-state index is 0.293. The highest BCUT2D eigenvalue weighted by molar-refractivity contribution is 5.15. The summed E-state index contributed by atoms with van der Waals surface area (Å²) in [6.45, 7) is 9.63. The number of nitrogens with zero attached hydrogens (tertiary/aromatic N) is 1. The molecule has 16 heavy (non-hydrogen) atoms. The lowest BCUT2D eigenvalue weighted by molar-refractivity contribution is 0.201. The van der Waals surface area contributed by atoms with E-state index in [9.17, 15) is 0 Å². The molecule has 0 aromatic carbocycles. The summed E-state index contributed by atoms with van der Waals surface area (Å²) >= 11 is 0. The van der Waals surface area contributed by atoms with Crippen molar-refractivity contribution >= 4 is 0 Å². The van der Waals surface area contributed by atoms with Crippen molar-refractivity contribution in [3.63, 3.8) is 0 Å². The summed E-state index contributed by atoms with van der Waals surface area (Å²) in [7, 11) is 4.16. The van der Waals surface area contributed by atoms with Crippen LogP contribution in [0.2, 0.25) is 0 Å². The molecular weight excluding hydrogens is 200 g/mol. The van der Waals surface area contributed by atoms with E-state index in [-0.39, 0.29) is 0 Å². The Morgan fingerprint density at radius 1 is 1.44 bits per heavy atom. The smallest absolute Gasteiger partial charge is 0.105 e. The van der Waals surface area contributed by atoms with Crippen molar-refractivity contribution < 1.29 is 4.42 Å². The molecule has 0 aliphatic carbocycles. The van der Waals surface area contributed by atoms with Crippen molar-refractivity contribution in [1.82, 2.24) is 10.2 Å². The molecule has 3 heteroatoms. The van der Waals surface area contributed by atoms with Crippen molar-refractivity contribution in [3.05, 3.63) is 23.7 Å². The van der Waals surface area contributed by atoms with Gasteiger partial charge in [-0.15, -0.1) is 0 Å². The molecule has 1 aromatic heterocycles. The van der Waals surface area contributed by atoms with Crippen LogP contribution in [0.1, 0.15) is 25.2 Å². The highest BCUT2D eigenvalue weighted by Crippen LogP contribution is 2.17. The molecule has 0 unspecified atom stereocenters. The number of furan rings is 1. The SMILES string of the molecule is CNCC(C)(C)CN(C)Cc1ccoc1C. The van der Waals surface area contributed by atoms with Crippen molar-refractivity contribution in [1.29, 1.82) is 0 Å². The van der Waals surface area contributed by atoms with Gasteiger partial charge in [-0.05, 0) is 32.5 Å². The van der Waals surface area contributed by atoms with Gasteiger partial charge in [-0.2, -0.15) is 0 Å². The van der Waals surface area contributed by atoms with Gasteiger partial charge < -0.3 is 14.6 Å². The van der Waals surface area contributed by atoms with Crippen LogP contribution >= 0.6 is 0 Å². The quantitative estimate of drug-likeness (QED) is 0.803. The Bertz CT molecular complexity index is 317. The van der Waals surface area contributed by atoms with Gasteiger partial charge in [0.1, 0.15) is 5.76 Å². The van der Waals surface area contributed by atoms with Crippen LogP contribution in [-0.2, 0) is 6.54 Å². The first-order valence-electron chi connectivity index (χ1n) is 5.81. The van der Waals surface area contributed by atoms with E-state index in [0.29, 0.717) is 5.41 Å². The molecule has 0 aliphatic rings. The third-order valence-corrected chi connectivity index (χ3v) is 2.76. The average molecular weight is 224 g/mol. The topological polar surface area (TPSA) is 28.4 Å². The van der Waals surface area contributed by atoms with Crippen LogP contribution in [0.4, 0.5) is 0 Å². The summed E-state index contributed by atoms with van der Waals surface area (Å²) < 4.78 is 5.30. The maximum Gasteiger partial charge on any atom is 0.105 e. The van der Waals surface area contributed by atoms with E-state index in [1.807, 2.05) is 14.0 Å². The van der Waals surface area contributed by atoms with E-state index < -0.39 is 0 Å². The van der Waals surface area contributed by atoms with E-state index in [1.165, 1.54) is 5.56 Å². The monoisotopic (exact) mass is 224 g/mol. The van der Waals surface area contributed by atoms with Gasteiger partial charge in [0.05, 0.1) is 6.26 Å². The molecule has 0 saturated heterocycles. The minimum Gasteiger partial charge on any atom is -0.469 e. The Hall–Kier alpha value is -0.800. The maximum atomic E-state index is 5.30. The Labute approximate surface area is 98.8 Å². The van der Waals surface area contributed by atoms with Crippen LogP contribution < -0.4 is 5.32 Å². The summed E-state index contributed by atoms with van der Waals surface area (Å²) in [4.78, 5) is 2.34. The zero-order chi connectivity index (χ0) is 12.2. The van der Waals surface area contributed by atoms with Crippen molar-refractivity contribution in [2.45, 2.75) is 27.3 Å². The Kier molecular flexibility index (Phi) is 4.56. The van der Waals surface area contributed by atoms with Crippen LogP contribution in [0, 0.1) is 12.3 Å². The van der Waals surface area contributed by atoms with Gasteiger partial charge >= 0.3 is 0 Å². The Balaban J connectivity index is 2.47. The number of hydrogen-bond donors (Lipinski definition) is 1. The zero-order valence-electron chi connectivity index (χ0n) is 11.1. The number of hydrogen-bond acceptors (Lipinski definition) is 3. The molecule has 92 valence electrons. The first kappa shape index (κ1) is 13.3. The van der Waals surface area contributed by atoms with E-state index in [2.05, 4.69) is 37.2 Å². The molecule has 1 rings (SSSR count). The van der Waals surface area contributed by atoms with Crippen LogP contribution in [0.15, 0.2) is 16.7 Å². The first-order chi connectivity index (χ1) is 7.44. The molecule has 0 bridgehead atoms. The molecule has 1 aromatic rings. The lowest BCUT2D eigenvalue weighted by Crippen LogP contribution is -2.37. The molecule has 0 radical (unpaired) electrons. The third kappa shape index (κ3) is 3.99. The summed E-state index contributed by atoms with van der Waals surface area (Å²) in [5, 5.41) is 3.24. The average Bonchev–Trinajstić information content (AvgIpc) is 2.50. The Morgan fingerprint density at radius 3 is 2.62 bits per heavy atom. The van der Waals surface area contributed by atoms with Crippen LogP contribution in [0.5, 0.6) is 0 Å². The summed E-state index contributed by atoms with van der Waals surface area (Å²) in [5.41, 5.74) is 1.57. The fraction of sp³-hybridized carbons (Fsp3) is 0.692. The molecule has 0 fully saturated rings. The van der Waals surface area contributed by atoms with Crippen LogP contribution in [-0.4, -0.2) is 32.1 Å². The van der Waals surface area contributed by atoms with Gasteiger partial charge in [-0.25, -0.2) is 0 Å². The van der Waals surface area contributed by atoms with Gasteiger partial charge in [0.2, 0.25) is 0 Å². The van der Waals surface area contributed by atoms with E-state index in [1.54, 1.807) is 6.26 Å². The second-order valence-corrected chi connectivity index (χ2v) is 5.37. The first-order valence-corrected chi connectivity index (χ1v) is 5.81. The predicted octanol–water partition coefficient (Wildman–Crippen LogP) is 2.27. The number of rotatable bonds is 6. The normalized spacial score (nSPS) is 12.4. The fourth-order valence-electron chi connectivity index (χ4n) is 2.19. The third-order valence-electron chi connectivity index (χ3n) is 2.76. The fourth-order valence-corrected chi connectivity index (χ4v) is 2.19. The molecule has 0 aliphatic heterocycles. The Morgan fingerprint density at radius 2 is 2.12 bits per heavy atom. The van der Waals surface area contributed by atoms with E-state index >= 15 is 0 Å². The summed E-state index contributed by atoms with van der Waals surface area (Å²) in [6.07, 6.45) is 1.76. The zero-order valence-corrected chi connectivity index (χ0v) is 11.1. The maximum absolute atomic E-state index is 5.30. The van der Waals surface area contributed by atoms with Gasteiger partial charge in [-0.1, -0.05) is 13.8 Å². The molecule has 0 spiro atoms. The van der Waals surface area contributed by atoms with Gasteiger partial charge in [0.25, 0.3) is 0 Å². The van der Waals surface area contributed by atoms with Crippen LogP contribution in [0.3, 0.4) is 0 Å². The number of aryl methyl sites for hydroxylation is 1. The molecular formula is C13H24N2O.